The van der Waals surface area contributed by atoms with Crippen molar-refractivity contribution in [2.75, 3.05) is 30.1 Å². The summed E-state index contributed by atoms with van der Waals surface area (Å²) in [5.74, 6) is -0.354. The topological polar surface area (TPSA) is 131 Å². The van der Waals surface area contributed by atoms with Crippen LogP contribution >= 0.6 is 11.6 Å². The highest BCUT2D eigenvalue weighted by molar-refractivity contribution is 7.92. The van der Waals surface area contributed by atoms with Gasteiger partial charge in [-0.15, -0.1) is 0 Å². The molecular formula is C21H28ClN3O7S2. The van der Waals surface area contributed by atoms with Crippen molar-refractivity contribution in [3.05, 3.63) is 41.4 Å². The maximum absolute atomic E-state index is 13.2. The molecule has 0 aliphatic carbocycles. The van der Waals surface area contributed by atoms with Gasteiger partial charge in [0, 0.05) is 11.1 Å². The Bertz CT molecular complexity index is 1270. The maximum Gasteiger partial charge on any atom is 0.248 e. The summed E-state index contributed by atoms with van der Waals surface area (Å²) in [6.45, 7) is 4.73. The fourth-order valence-electron chi connectivity index (χ4n) is 3.18. The Hall–Kier alpha value is -2.54. The number of amides is 1. The third-order valence-electron chi connectivity index (χ3n) is 4.60. The highest BCUT2D eigenvalue weighted by Gasteiger charge is 2.32. The van der Waals surface area contributed by atoms with Crippen LogP contribution in [0.4, 0.5) is 11.4 Å². The molecule has 2 aromatic rings. The molecule has 0 radical (unpaired) electrons. The summed E-state index contributed by atoms with van der Waals surface area (Å²) in [6.07, 6.45) is 0.947. The number of hydrogen-bond acceptors (Lipinski definition) is 7. The smallest absolute Gasteiger partial charge is 0.248 e. The van der Waals surface area contributed by atoms with Gasteiger partial charge in [0.25, 0.3) is 0 Å². The molecular weight excluding hydrogens is 506 g/mol. The third-order valence-corrected chi connectivity index (χ3v) is 7.72. The Kier molecular flexibility index (Phi) is 8.81. The van der Waals surface area contributed by atoms with Gasteiger partial charge in [0.2, 0.25) is 26.0 Å². The summed E-state index contributed by atoms with van der Waals surface area (Å²) >= 11 is 6.06. The molecule has 0 saturated heterocycles. The minimum absolute atomic E-state index is 0.0532. The standard InChI is InChI=1S/C21H28ClN3O7S2/c1-13(2)24-34(29,30)16-8-10-19(31-4)17(12-16)23-21(26)14(3)25(33(6,27)28)18-11-15(22)7-9-20(18)32-5/h7-14,24H,1-6H3,(H,23,26). The predicted octanol–water partition coefficient (Wildman–Crippen LogP) is 2.84. The largest absolute Gasteiger partial charge is 0.495 e. The zero-order valence-electron chi connectivity index (χ0n) is 19.6. The maximum atomic E-state index is 13.2. The van der Waals surface area contributed by atoms with Gasteiger partial charge in [-0.2, -0.15) is 0 Å². The quantitative estimate of drug-likeness (QED) is 0.480. The summed E-state index contributed by atoms with van der Waals surface area (Å²) in [5, 5.41) is 2.81. The van der Waals surface area contributed by atoms with E-state index in [1.807, 2.05) is 0 Å². The van der Waals surface area contributed by atoms with Gasteiger partial charge in [-0.05, 0) is 57.2 Å². The molecule has 1 atom stereocenters. The van der Waals surface area contributed by atoms with Crippen molar-refractivity contribution in [3.8, 4) is 11.5 Å². The molecule has 0 saturated carbocycles. The summed E-state index contributed by atoms with van der Waals surface area (Å²) in [4.78, 5) is 13.1. The number of rotatable bonds is 10. The van der Waals surface area contributed by atoms with E-state index in [0.717, 1.165) is 10.6 Å². The van der Waals surface area contributed by atoms with E-state index in [9.17, 15) is 21.6 Å². The minimum Gasteiger partial charge on any atom is -0.495 e. The van der Waals surface area contributed by atoms with Crippen LogP contribution in [0, 0.1) is 0 Å². The first-order valence-corrected chi connectivity index (χ1v) is 13.8. The molecule has 0 heterocycles. The fraction of sp³-hybridized carbons (Fsp3) is 0.381. The molecule has 0 spiro atoms. The SMILES string of the molecule is COc1ccc(S(=O)(=O)NC(C)C)cc1NC(=O)C(C)N(c1cc(Cl)ccc1OC)S(C)(=O)=O. The number of ether oxygens (including phenoxy) is 2. The van der Waals surface area contributed by atoms with Crippen molar-refractivity contribution in [2.45, 2.75) is 37.8 Å². The van der Waals surface area contributed by atoms with Crippen LogP contribution in [0.2, 0.25) is 5.02 Å². The zero-order chi connectivity index (χ0) is 25.8. The number of hydrogen-bond donors (Lipinski definition) is 2. The van der Waals surface area contributed by atoms with E-state index in [1.54, 1.807) is 13.8 Å². The predicted molar refractivity (Wildman–Crippen MR) is 132 cm³/mol. The molecule has 0 fully saturated rings. The molecule has 0 aliphatic rings. The second-order valence-corrected chi connectivity index (χ2v) is 11.7. The van der Waals surface area contributed by atoms with Gasteiger partial charge in [-0.3, -0.25) is 9.10 Å². The van der Waals surface area contributed by atoms with Crippen molar-refractivity contribution in [2.24, 2.45) is 0 Å². The summed E-state index contributed by atoms with van der Waals surface area (Å²) < 4.78 is 64.3. The summed E-state index contributed by atoms with van der Waals surface area (Å²) in [5.41, 5.74) is 0.127. The molecule has 10 nitrogen and oxygen atoms in total. The number of sulfonamides is 2. The number of nitrogens with zero attached hydrogens (tertiary/aromatic N) is 1. The highest BCUT2D eigenvalue weighted by Crippen LogP contribution is 2.35. The van der Waals surface area contributed by atoms with E-state index in [2.05, 4.69) is 10.0 Å². The Morgan fingerprint density at radius 3 is 2.09 bits per heavy atom. The second-order valence-electron chi connectivity index (χ2n) is 7.68. The molecule has 0 bridgehead atoms. The van der Waals surface area contributed by atoms with E-state index < -0.39 is 32.0 Å². The molecule has 34 heavy (non-hydrogen) atoms. The Morgan fingerprint density at radius 1 is 0.971 bits per heavy atom. The van der Waals surface area contributed by atoms with Gasteiger partial charge in [0.1, 0.15) is 17.5 Å². The monoisotopic (exact) mass is 533 g/mol. The van der Waals surface area contributed by atoms with Crippen LogP contribution in [0.3, 0.4) is 0 Å². The molecule has 2 aromatic carbocycles. The van der Waals surface area contributed by atoms with Crippen LogP contribution in [-0.4, -0.2) is 55.3 Å². The lowest BCUT2D eigenvalue weighted by molar-refractivity contribution is -0.116. The first kappa shape index (κ1) is 27.7. The Labute approximate surface area is 205 Å². The molecule has 2 N–H and O–H groups in total. The first-order valence-electron chi connectivity index (χ1n) is 10.1. The lowest BCUT2D eigenvalue weighted by Gasteiger charge is -2.29. The lowest BCUT2D eigenvalue weighted by Crippen LogP contribution is -2.45. The molecule has 0 aliphatic heterocycles. The van der Waals surface area contributed by atoms with Crippen molar-refractivity contribution in [1.82, 2.24) is 4.72 Å². The number of carbonyl (C=O) groups excluding carboxylic acids is 1. The third kappa shape index (κ3) is 6.53. The van der Waals surface area contributed by atoms with Crippen molar-refractivity contribution in [1.29, 1.82) is 0 Å². The highest BCUT2D eigenvalue weighted by atomic mass is 35.5. The molecule has 1 unspecified atom stereocenters. The summed E-state index contributed by atoms with van der Waals surface area (Å²) in [7, 11) is -5.10. The number of halogens is 1. The van der Waals surface area contributed by atoms with E-state index >= 15 is 0 Å². The number of anilines is 2. The van der Waals surface area contributed by atoms with Crippen molar-refractivity contribution in [3.63, 3.8) is 0 Å². The van der Waals surface area contributed by atoms with Gasteiger partial charge in [-0.1, -0.05) is 11.6 Å². The summed E-state index contributed by atoms with van der Waals surface area (Å²) in [6, 6.07) is 6.74. The normalized spacial score (nSPS) is 12.8. The van der Waals surface area contributed by atoms with E-state index in [0.29, 0.717) is 0 Å². The number of carbonyl (C=O) groups is 1. The molecule has 0 aromatic heterocycles. The van der Waals surface area contributed by atoms with Crippen LogP contribution in [-0.2, 0) is 24.8 Å². The van der Waals surface area contributed by atoms with Crippen LogP contribution in [0.5, 0.6) is 11.5 Å². The molecule has 13 heteroatoms. The van der Waals surface area contributed by atoms with Crippen LogP contribution < -0.4 is 23.8 Å². The first-order chi connectivity index (χ1) is 15.7. The van der Waals surface area contributed by atoms with Gasteiger partial charge >= 0.3 is 0 Å². The number of nitrogens with one attached hydrogen (secondary N) is 2. The van der Waals surface area contributed by atoms with Crippen LogP contribution in [0.15, 0.2) is 41.3 Å². The van der Waals surface area contributed by atoms with Crippen LogP contribution in [0.25, 0.3) is 0 Å². The Morgan fingerprint density at radius 2 is 1.56 bits per heavy atom. The molecule has 2 rings (SSSR count). The zero-order valence-corrected chi connectivity index (χ0v) is 22.0. The van der Waals surface area contributed by atoms with Crippen molar-refractivity contribution < 1.29 is 31.1 Å². The van der Waals surface area contributed by atoms with E-state index in [-0.39, 0.29) is 38.8 Å². The van der Waals surface area contributed by atoms with Gasteiger partial charge in [0.15, 0.2) is 0 Å². The van der Waals surface area contributed by atoms with Crippen molar-refractivity contribution >= 4 is 48.9 Å². The average Bonchev–Trinajstić information content (AvgIpc) is 2.72. The lowest BCUT2D eigenvalue weighted by atomic mass is 10.2. The number of benzene rings is 2. The van der Waals surface area contributed by atoms with Gasteiger partial charge in [0.05, 0.1) is 36.7 Å². The Balaban J connectivity index is 2.49. The molecule has 188 valence electrons. The van der Waals surface area contributed by atoms with Gasteiger partial charge < -0.3 is 14.8 Å². The number of methoxy groups -OCH3 is 2. The average molecular weight is 534 g/mol. The minimum atomic E-state index is -3.97. The van der Waals surface area contributed by atoms with E-state index in [1.165, 1.54) is 57.5 Å². The second kappa shape index (κ2) is 10.8. The van der Waals surface area contributed by atoms with Gasteiger partial charge in [-0.25, -0.2) is 21.6 Å². The van der Waals surface area contributed by atoms with E-state index in [4.69, 9.17) is 21.1 Å². The fourth-order valence-corrected chi connectivity index (χ4v) is 5.80. The molecule has 1 amide bonds. The van der Waals surface area contributed by atoms with Crippen LogP contribution in [0.1, 0.15) is 20.8 Å².